The van der Waals surface area contributed by atoms with Gasteiger partial charge in [0.2, 0.25) is 10.0 Å². The third-order valence-electron chi connectivity index (χ3n) is 4.86. The van der Waals surface area contributed by atoms with Crippen LogP contribution in [0, 0.1) is 17.8 Å². The number of anilines is 1. The van der Waals surface area contributed by atoms with Crippen molar-refractivity contribution in [2.24, 2.45) is 17.8 Å². The van der Waals surface area contributed by atoms with Crippen LogP contribution in [-0.2, 0) is 10.0 Å². The summed E-state index contributed by atoms with van der Waals surface area (Å²) >= 11 is 0. The molecule has 3 rings (SSSR count). The van der Waals surface area contributed by atoms with Gasteiger partial charge in [0, 0.05) is 25.5 Å². The van der Waals surface area contributed by atoms with Crippen molar-refractivity contribution in [2.45, 2.75) is 37.5 Å². The maximum absolute atomic E-state index is 12.5. The van der Waals surface area contributed by atoms with Gasteiger partial charge in [-0.25, -0.2) is 13.1 Å². The van der Waals surface area contributed by atoms with Gasteiger partial charge in [-0.2, -0.15) is 0 Å². The number of fused-ring (bicyclic) bond motifs is 2. The molecule has 1 aromatic heterocycles. The second-order valence-electron chi connectivity index (χ2n) is 6.19. The number of nitrogens with one attached hydrogen (secondary N) is 2. The van der Waals surface area contributed by atoms with E-state index in [0.717, 1.165) is 11.8 Å². The smallest absolute Gasteiger partial charge is 0.244 e. The lowest BCUT2D eigenvalue weighted by Crippen LogP contribution is -2.32. The first kappa shape index (κ1) is 14.8. The molecule has 0 aliphatic heterocycles. The van der Waals surface area contributed by atoms with E-state index in [1.165, 1.54) is 31.9 Å². The molecule has 1 heterocycles. The van der Waals surface area contributed by atoms with Crippen LogP contribution in [0.3, 0.4) is 0 Å². The Kier molecular flexibility index (Phi) is 4.17. The molecule has 3 unspecified atom stereocenters. The van der Waals surface area contributed by atoms with E-state index in [1.54, 1.807) is 12.3 Å². The molecule has 116 valence electrons. The standard InChI is InChI=1S/C15H23N3O2S/c1-2-17-14-5-6-16-10-15(14)21(19,20)18-9-13-8-11-3-4-12(13)7-11/h5-6,10-13,18H,2-4,7-9H2,1H3,(H,16,17). The maximum atomic E-state index is 12.5. The fraction of sp³-hybridized carbons (Fsp3) is 0.667. The zero-order valence-electron chi connectivity index (χ0n) is 12.4. The quantitative estimate of drug-likeness (QED) is 0.845. The zero-order valence-corrected chi connectivity index (χ0v) is 13.2. The summed E-state index contributed by atoms with van der Waals surface area (Å²) in [5.41, 5.74) is 0.618. The Bertz CT molecular complexity index is 603. The van der Waals surface area contributed by atoms with Crippen LogP contribution in [0.2, 0.25) is 0 Å². The lowest BCUT2D eigenvalue weighted by molar-refractivity contribution is 0.333. The predicted octanol–water partition coefficient (Wildman–Crippen LogP) is 2.23. The number of pyridine rings is 1. The van der Waals surface area contributed by atoms with Gasteiger partial charge in [0.1, 0.15) is 4.90 Å². The molecule has 3 atom stereocenters. The zero-order chi connectivity index (χ0) is 14.9. The summed E-state index contributed by atoms with van der Waals surface area (Å²) in [5.74, 6) is 2.07. The monoisotopic (exact) mass is 309 g/mol. The highest BCUT2D eigenvalue weighted by Gasteiger charge is 2.39. The Balaban J connectivity index is 1.69. The minimum Gasteiger partial charge on any atom is -0.384 e. The number of hydrogen-bond acceptors (Lipinski definition) is 4. The highest BCUT2D eigenvalue weighted by molar-refractivity contribution is 7.89. The molecular weight excluding hydrogens is 286 g/mol. The Morgan fingerprint density at radius 2 is 2.19 bits per heavy atom. The van der Waals surface area contributed by atoms with Gasteiger partial charge in [-0.3, -0.25) is 4.98 Å². The number of rotatable bonds is 6. The van der Waals surface area contributed by atoms with Crippen molar-refractivity contribution in [3.05, 3.63) is 18.5 Å². The second kappa shape index (κ2) is 5.93. The molecule has 0 saturated heterocycles. The van der Waals surface area contributed by atoms with E-state index in [-0.39, 0.29) is 4.90 Å². The number of nitrogens with zero attached hydrogens (tertiary/aromatic N) is 1. The van der Waals surface area contributed by atoms with Crippen LogP contribution < -0.4 is 10.0 Å². The molecule has 21 heavy (non-hydrogen) atoms. The first-order chi connectivity index (χ1) is 10.1. The first-order valence-electron chi connectivity index (χ1n) is 7.77. The van der Waals surface area contributed by atoms with Crippen molar-refractivity contribution in [3.8, 4) is 0 Å². The topological polar surface area (TPSA) is 71.1 Å². The number of aromatic nitrogens is 1. The summed E-state index contributed by atoms with van der Waals surface area (Å²) in [4.78, 5) is 4.20. The van der Waals surface area contributed by atoms with Gasteiger partial charge in [0.15, 0.2) is 0 Å². The normalized spacial score (nSPS) is 28.0. The SMILES string of the molecule is CCNc1ccncc1S(=O)(=O)NCC1CC2CCC1C2. The molecule has 0 spiro atoms. The van der Waals surface area contributed by atoms with E-state index in [4.69, 9.17) is 0 Å². The van der Waals surface area contributed by atoms with Gasteiger partial charge < -0.3 is 5.32 Å². The molecule has 5 nitrogen and oxygen atoms in total. The summed E-state index contributed by atoms with van der Waals surface area (Å²) in [6.45, 7) is 3.18. The fourth-order valence-corrected chi connectivity index (χ4v) is 5.07. The maximum Gasteiger partial charge on any atom is 0.244 e. The van der Waals surface area contributed by atoms with Gasteiger partial charge >= 0.3 is 0 Å². The van der Waals surface area contributed by atoms with Crippen LogP contribution >= 0.6 is 0 Å². The fourth-order valence-electron chi connectivity index (χ4n) is 3.85. The van der Waals surface area contributed by atoms with Gasteiger partial charge in [-0.05, 0) is 50.0 Å². The molecule has 2 saturated carbocycles. The Labute approximate surface area is 126 Å². The molecule has 6 heteroatoms. The molecule has 2 bridgehead atoms. The van der Waals surface area contributed by atoms with Crippen LogP contribution in [0.1, 0.15) is 32.6 Å². The summed E-state index contributed by atoms with van der Waals surface area (Å²) < 4.78 is 27.8. The summed E-state index contributed by atoms with van der Waals surface area (Å²) in [7, 11) is -3.49. The molecule has 2 N–H and O–H groups in total. The van der Waals surface area contributed by atoms with Crippen LogP contribution in [0.5, 0.6) is 0 Å². The van der Waals surface area contributed by atoms with Crippen LogP contribution in [0.4, 0.5) is 5.69 Å². The van der Waals surface area contributed by atoms with Gasteiger partial charge in [-0.1, -0.05) is 6.42 Å². The molecule has 2 aliphatic rings. The van der Waals surface area contributed by atoms with Crippen molar-refractivity contribution < 1.29 is 8.42 Å². The first-order valence-corrected chi connectivity index (χ1v) is 9.26. The van der Waals surface area contributed by atoms with Crippen molar-refractivity contribution in [2.75, 3.05) is 18.4 Å². The van der Waals surface area contributed by atoms with Gasteiger partial charge in [0.25, 0.3) is 0 Å². The van der Waals surface area contributed by atoms with Crippen molar-refractivity contribution in [3.63, 3.8) is 0 Å². The van der Waals surface area contributed by atoms with Gasteiger partial charge in [-0.15, -0.1) is 0 Å². The van der Waals surface area contributed by atoms with E-state index in [0.29, 0.717) is 24.7 Å². The van der Waals surface area contributed by atoms with Crippen LogP contribution in [0.15, 0.2) is 23.4 Å². The predicted molar refractivity (Wildman–Crippen MR) is 82.5 cm³/mol. The third kappa shape index (κ3) is 3.06. The minimum absolute atomic E-state index is 0.245. The van der Waals surface area contributed by atoms with Crippen molar-refractivity contribution >= 4 is 15.7 Å². The summed E-state index contributed by atoms with van der Waals surface area (Å²) in [6, 6.07) is 1.70. The lowest BCUT2D eigenvalue weighted by Gasteiger charge is -2.22. The third-order valence-corrected chi connectivity index (χ3v) is 6.31. The second-order valence-corrected chi connectivity index (χ2v) is 7.92. The van der Waals surface area contributed by atoms with Crippen LogP contribution in [0.25, 0.3) is 0 Å². The number of sulfonamides is 1. The Hall–Kier alpha value is -1.14. The minimum atomic E-state index is -3.49. The Morgan fingerprint density at radius 1 is 1.33 bits per heavy atom. The Morgan fingerprint density at radius 3 is 2.86 bits per heavy atom. The van der Waals surface area contributed by atoms with E-state index in [2.05, 4.69) is 15.0 Å². The molecule has 2 fully saturated rings. The lowest BCUT2D eigenvalue weighted by atomic mass is 9.89. The van der Waals surface area contributed by atoms with E-state index in [1.807, 2.05) is 6.92 Å². The van der Waals surface area contributed by atoms with Crippen LogP contribution in [-0.4, -0.2) is 26.5 Å². The van der Waals surface area contributed by atoms with Crippen molar-refractivity contribution in [1.29, 1.82) is 0 Å². The molecular formula is C15H23N3O2S. The summed E-state index contributed by atoms with van der Waals surface area (Å²) in [6.07, 6.45) is 8.10. The highest BCUT2D eigenvalue weighted by atomic mass is 32.2. The van der Waals surface area contributed by atoms with Crippen molar-refractivity contribution in [1.82, 2.24) is 9.71 Å². The molecule has 0 aromatic carbocycles. The summed E-state index contributed by atoms with van der Waals surface area (Å²) in [5, 5.41) is 3.08. The number of hydrogen-bond donors (Lipinski definition) is 2. The van der Waals surface area contributed by atoms with Gasteiger partial charge in [0.05, 0.1) is 5.69 Å². The molecule has 0 amide bonds. The van der Waals surface area contributed by atoms with E-state index in [9.17, 15) is 8.42 Å². The molecule has 2 aliphatic carbocycles. The van der Waals surface area contributed by atoms with E-state index >= 15 is 0 Å². The largest absolute Gasteiger partial charge is 0.384 e. The average Bonchev–Trinajstić information content (AvgIpc) is 3.09. The molecule has 0 radical (unpaired) electrons. The van der Waals surface area contributed by atoms with E-state index < -0.39 is 10.0 Å². The average molecular weight is 309 g/mol. The highest BCUT2D eigenvalue weighted by Crippen LogP contribution is 2.48. The molecule has 1 aromatic rings.